The normalized spacial score (nSPS) is 20.0. The number of aromatic amines is 1. The maximum absolute atomic E-state index is 13.8. The molecule has 2 fully saturated rings. The van der Waals surface area contributed by atoms with Crippen LogP contribution in [0.2, 0.25) is 0 Å². The summed E-state index contributed by atoms with van der Waals surface area (Å²) < 4.78 is 82.6. The minimum Gasteiger partial charge on any atom is -0.388 e. The number of piperidine rings is 1. The van der Waals surface area contributed by atoms with Crippen LogP contribution in [0.15, 0.2) is 24.5 Å². The summed E-state index contributed by atoms with van der Waals surface area (Å²) in [7, 11) is 1.34. The second-order valence-corrected chi connectivity index (χ2v) is 8.86. The number of hydrogen-bond acceptors (Lipinski definition) is 5. The summed E-state index contributed by atoms with van der Waals surface area (Å²) in [4.78, 5) is 10.5. The number of nitrogens with zero attached hydrogens (tertiary/aromatic N) is 2. The zero-order valence-corrected chi connectivity index (χ0v) is 18.1. The molecule has 6 nitrogen and oxygen atoms in total. The molecule has 1 aliphatic heterocycles. The van der Waals surface area contributed by atoms with Crippen molar-refractivity contribution in [3.05, 3.63) is 35.7 Å². The van der Waals surface area contributed by atoms with Crippen molar-refractivity contribution in [1.29, 1.82) is 0 Å². The molecule has 4 N–H and O–H groups in total. The Hall–Kier alpha value is -3.02. The summed E-state index contributed by atoms with van der Waals surface area (Å²) in [6.07, 6.45) is -3.70. The lowest BCUT2D eigenvalue weighted by atomic mass is 9.99. The van der Waals surface area contributed by atoms with Crippen LogP contribution in [-0.4, -0.2) is 40.1 Å². The van der Waals surface area contributed by atoms with Gasteiger partial charge in [-0.1, -0.05) is 6.07 Å². The number of fused-ring (bicyclic) bond motifs is 1. The molecule has 0 amide bonds. The van der Waals surface area contributed by atoms with Crippen LogP contribution in [0, 0.1) is 0 Å². The number of halogens is 6. The summed E-state index contributed by atoms with van der Waals surface area (Å²) in [6, 6.07) is 2.48. The van der Waals surface area contributed by atoms with E-state index in [4.69, 9.17) is 0 Å². The molecule has 3 heterocycles. The fraction of sp³-hybridized carbons (Fsp3) is 0.455. The fourth-order valence-electron chi connectivity index (χ4n) is 4.63. The van der Waals surface area contributed by atoms with Gasteiger partial charge in [-0.25, -0.2) is 9.97 Å². The molecule has 1 atom stereocenters. The predicted octanol–water partition coefficient (Wildman–Crippen LogP) is 5.40. The predicted molar refractivity (Wildman–Crippen MR) is 115 cm³/mol. The van der Waals surface area contributed by atoms with Gasteiger partial charge in [0.15, 0.2) is 0 Å². The lowest BCUT2D eigenvalue weighted by Gasteiger charge is -2.30. The molecule has 182 valence electrons. The number of aromatic nitrogens is 3. The van der Waals surface area contributed by atoms with E-state index in [0.717, 1.165) is 31.9 Å². The van der Waals surface area contributed by atoms with Gasteiger partial charge in [-0.05, 0) is 31.7 Å². The standard InChI is InChI=1S/C22H22F6N6/c1-29-15-3-2-12-13(9-30-18(12)16(15)22(26,27)28)17-14(21(23,24)25)10-31-19(34-17)33-11-4-5-20(6-7-20)32-8-11/h2-3,9-11,29-30,32H,4-8H2,1H3,(H,31,33,34). The van der Waals surface area contributed by atoms with Gasteiger partial charge < -0.3 is 20.9 Å². The number of H-pyrrole nitrogens is 1. The second-order valence-electron chi connectivity index (χ2n) is 8.86. The first-order valence-electron chi connectivity index (χ1n) is 10.9. The van der Waals surface area contributed by atoms with E-state index in [1.165, 1.54) is 19.2 Å². The first-order chi connectivity index (χ1) is 16.0. The zero-order chi connectivity index (χ0) is 24.3. The summed E-state index contributed by atoms with van der Waals surface area (Å²) in [5.74, 6) is -0.00112. The van der Waals surface area contributed by atoms with E-state index in [0.29, 0.717) is 12.7 Å². The van der Waals surface area contributed by atoms with Gasteiger partial charge in [0.1, 0.15) is 11.1 Å². The maximum Gasteiger partial charge on any atom is 0.420 e. The van der Waals surface area contributed by atoms with Gasteiger partial charge in [-0.15, -0.1) is 0 Å². The Morgan fingerprint density at radius 3 is 2.41 bits per heavy atom. The van der Waals surface area contributed by atoms with Gasteiger partial charge in [0.05, 0.1) is 11.2 Å². The molecule has 0 radical (unpaired) electrons. The summed E-state index contributed by atoms with van der Waals surface area (Å²) in [5.41, 5.74) is -2.97. The van der Waals surface area contributed by atoms with Crippen LogP contribution in [-0.2, 0) is 12.4 Å². The van der Waals surface area contributed by atoms with Gasteiger partial charge >= 0.3 is 12.4 Å². The Labute approximate surface area is 190 Å². The van der Waals surface area contributed by atoms with Crippen LogP contribution < -0.4 is 16.0 Å². The Morgan fingerprint density at radius 2 is 1.82 bits per heavy atom. The largest absolute Gasteiger partial charge is 0.420 e. The highest BCUT2D eigenvalue weighted by Crippen LogP contribution is 2.45. The van der Waals surface area contributed by atoms with Gasteiger partial charge in [0.25, 0.3) is 0 Å². The fourth-order valence-corrected chi connectivity index (χ4v) is 4.63. The number of alkyl halides is 6. The molecular formula is C22H22F6N6. The lowest BCUT2D eigenvalue weighted by molar-refractivity contribution is -0.137. The Kier molecular flexibility index (Phi) is 5.19. The highest BCUT2D eigenvalue weighted by Gasteiger charge is 2.45. The van der Waals surface area contributed by atoms with Crippen molar-refractivity contribution in [2.75, 3.05) is 24.2 Å². The molecule has 1 spiro atoms. The molecule has 0 bridgehead atoms. The number of hydrogen-bond donors (Lipinski definition) is 4. The molecule has 1 unspecified atom stereocenters. The van der Waals surface area contributed by atoms with Crippen LogP contribution in [0.25, 0.3) is 22.2 Å². The highest BCUT2D eigenvalue weighted by atomic mass is 19.4. The summed E-state index contributed by atoms with van der Waals surface area (Å²) >= 11 is 0. The molecule has 1 saturated carbocycles. The summed E-state index contributed by atoms with van der Waals surface area (Å²) in [6.45, 7) is 0.633. The number of rotatable bonds is 4. The topological polar surface area (TPSA) is 77.7 Å². The van der Waals surface area contributed by atoms with E-state index in [1.807, 2.05) is 0 Å². The minimum atomic E-state index is -4.79. The van der Waals surface area contributed by atoms with Crippen molar-refractivity contribution in [1.82, 2.24) is 20.3 Å². The third-order valence-corrected chi connectivity index (χ3v) is 6.64. The average molecular weight is 484 g/mol. The van der Waals surface area contributed by atoms with Crippen molar-refractivity contribution >= 4 is 22.5 Å². The number of anilines is 2. The quantitative estimate of drug-likeness (QED) is 0.373. The Bertz CT molecular complexity index is 1220. The molecule has 3 aromatic rings. The molecule has 1 saturated heterocycles. The van der Waals surface area contributed by atoms with Crippen molar-refractivity contribution < 1.29 is 26.3 Å². The molecular weight excluding hydrogens is 462 g/mol. The molecule has 2 aliphatic rings. The van der Waals surface area contributed by atoms with Gasteiger partial charge in [-0.3, -0.25) is 0 Å². The second kappa shape index (κ2) is 7.76. The number of benzene rings is 1. The monoisotopic (exact) mass is 484 g/mol. The molecule has 1 aliphatic carbocycles. The van der Waals surface area contributed by atoms with E-state index >= 15 is 0 Å². The van der Waals surface area contributed by atoms with E-state index in [1.54, 1.807) is 0 Å². The van der Waals surface area contributed by atoms with Crippen LogP contribution in [0.5, 0.6) is 0 Å². The minimum absolute atomic E-state index is 0.00112. The van der Waals surface area contributed by atoms with E-state index in [-0.39, 0.29) is 39.7 Å². The molecule has 12 heteroatoms. The van der Waals surface area contributed by atoms with E-state index in [2.05, 4.69) is 30.9 Å². The van der Waals surface area contributed by atoms with Crippen molar-refractivity contribution in [3.8, 4) is 11.3 Å². The van der Waals surface area contributed by atoms with Crippen LogP contribution in [0.1, 0.15) is 36.8 Å². The van der Waals surface area contributed by atoms with E-state index < -0.39 is 29.2 Å². The van der Waals surface area contributed by atoms with Crippen LogP contribution in [0.4, 0.5) is 38.0 Å². The zero-order valence-electron chi connectivity index (χ0n) is 18.1. The first kappa shape index (κ1) is 22.8. The van der Waals surface area contributed by atoms with Crippen molar-refractivity contribution in [2.24, 2.45) is 0 Å². The summed E-state index contributed by atoms with van der Waals surface area (Å²) in [5, 5.41) is 9.00. The molecule has 5 rings (SSSR count). The van der Waals surface area contributed by atoms with Gasteiger partial charge in [0.2, 0.25) is 5.95 Å². The van der Waals surface area contributed by atoms with E-state index in [9.17, 15) is 26.3 Å². The van der Waals surface area contributed by atoms with Gasteiger partial charge in [0, 0.05) is 54.2 Å². The Morgan fingerprint density at radius 1 is 1.06 bits per heavy atom. The van der Waals surface area contributed by atoms with Crippen LogP contribution >= 0.6 is 0 Å². The Balaban J connectivity index is 1.57. The SMILES string of the molecule is CNc1ccc2c(-c3nc(NC4CCC5(CC5)NC4)ncc3C(F)(F)F)c[nH]c2c1C(F)(F)F. The maximum atomic E-state index is 13.8. The number of nitrogens with one attached hydrogen (secondary N) is 4. The third-order valence-electron chi connectivity index (χ3n) is 6.64. The van der Waals surface area contributed by atoms with Gasteiger partial charge in [-0.2, -0.15) is 26.3 Å². The molecule has 34 heavy (non-hydrogen) atoms. The average Bonchev–Trinajstić information content (AvgIpc) is 3.39. The lowest BCUT2D eigenvalue weighted by Crippen LogP contribution is -2.46. The third kappa shape index (κ3) is 4.04. The first-order valence-corrected chi connectivity index (χ1v) is 10.9. The molecule has 1 aromatic carbocycles. The molecule has 2 aromatic heterocycles. The van der Waals surface area contributed by atoms with Crippen molar-refractivity contribution in [2.45, 2.75) is 49.6 Å². The highest BCUT2D eigenvalue weighted by molar-refractivity contribution is 5.99. The smallest absolute Gasteiger partial charge is 0.388 e. The van der Waals surface area contributed by atoms with Crippen molar-refractivity contribution in [3.63, 3.8) is 0 Å². The van der Waals surface area contributed by atoms with Crippen LogP contribution in [0.3, 0.4) is 0 Å².